The number of halogens is 2. The average Bonchev–Trinajstić information content (AvgIpc) is 3.45. The van der Waals surface area contributed by atoms with E-state index in [2.05, 4.69) is 5.32 Å². The summed E-state index contributed by atoms with van der Waals surface area (Å²) < 4.78 is 0. The van der Waals surface area contributed by atoms with Crippen LogP contribution in [0.2, 0.25) is 10.0 Å². The van der Waals surface area contributed by atoms with Gasteiger partial charge in [0.15, 0.2) is 11.6 Å². The number of amides is 1. The standard InChI is InChI=1S/C33H22Cl2N2O3/c34-21-14-15-23(25(35)18-21)30(39)28-27(29(38)20-9-2-1-3-10-20)33(24-12-6-7-13-26(24)36-32(33)40)31-22-11-5-4-8-19(22)16-17-37(28)31/h1-18,27-28,31H,(H,36,40)/t27-,28+,31-,33-/m1/s1. The molecule has 4 atom stereocenters. The quantitative estimate of drug-likeness (QED) is 0.272. The first kappa shape index (κ1) is 24.8. The Morgan fingerprint density at radius 3 is 2.35 bits per heavy atom. The average molecular weight is 565 g/mol. The van der Waals surface area contributed by atoms with Crippen molar-refractivity contribution in [2.45, 2.75) is 17.5 Å². The van der Waals surface area contributed by atoms with Crippen LogP contribution in [-0.4, -0.2) is 28.4 Å². The zero-order valence-corrected chi connectivity index (χ0v) is 22.6. The number of hydrogen-bond donors (Lipinski definition) is 1. The van der Waals surface area contributed by atoms with Gasteiger partial charge in [0.25, 0.3) is 0 Å². The molecule has 1 spiro atoms. The molecule has 0 unspecified atom stereocenters. The summed E-state index contributed by atoms with van der Waals surface area (Å²) in [7, 11) is 0. The molecule has 3 aliphatic heterocycles. The van der Waals surface area contributed by atoms with E-state index >= 15 is 0 Å². The Hall–Kier alpha value is -4.19. The van der Waals surface area contributed by atoms with Crippen molar-refractivity contribution in [2.75, 3.05) is 5.32 Å². The number of hydrogen-bond acceptors (Lipinski definition) is 4. The number of nitrogens with zero attached hydrogens (tertiary/aromatic N) is 1. The number of ketones is 2. The molecule has 1 saturated heterocycles. The molecule has 196 valence electrons. The van der Waals surface area contributed by atoms with Gasteiger partial charge < -0.3 is 10.2 Å². The highest BCUT2D eigenvalue weighted by Crippen LogP contribution is 2.62. The summed E-state index contributed by atoms with van der Waals surface area (Å²) in [5.74, 6) is -1.99. The van der Waals surface area contributed by atoms with Crippen molar-refractivity contribution in [3.05, 3.63) is 141 Å². The predicted octanol–water partition coefficient (Wildman–Crippen LogP) is 6.98. The smallest absolute Gasteiger partial charge is 0.238 e. The second-order valence-electron chi connectivity index (χ2n) is 10.3. The summed E-state index contributed by atoms with van der Waals surface area (Å²) >= 11 is 12.7. The van der Waals surface area contributed by atoms with Gasteiger partial charge in [-0.1, -0.05) is 96.0 Å². The minimum Gasteiger partial charge on any atom is -0.358 e. The number of nitrogens with one attached hydrogen (secondary N) is 1. The monoisotopic (exact) mass is 564 g/mol. The number of Topliss-reactive ketones (excluding diaryl/α,β-unsaturated/α-hetero) is 2. The Morgan fingerprint density at radius 2 is 1.55 bits per heavy atom. The zero-order chi connectivity index (χ0) is 27.6. The fourth-order valence-corrected chi connectivity index (χ4v) is 7.30. The van der Waals surface area contributed by atoms with Crippen LogP contribution in [0, 0.1) is 5.92 Å². The van der Waals surface area contributed by atoms with Crippen molar-refractivity contribution in [3.63, 3.8) is 0 Å². The second kappa shape index (κ2) is 9.19. The molecule has 0 aliphatic carbocycles. The first-order valence-electron chi connectivity index (χ1n) is 13.0. The Balaban J connectivity index is 1.55. The van der Waals surface area contributed by atoms with Gasteiger partial charge in [0, 0.05) is 28.0 Å². The van der Waals surface area contributed by atoms with Gasteiger partial charge in [0.05, 0.1) is 17.0 Å². The van der Waals surface area contributed by atoms with Crippen molar-refractivity contribution >= 4 is 52.4 Å². The number of carbonyl (C=O) groups excluding carboxylic acids is 3. The zero-order valence-electron chi connectivity index (χ0n) is 21.1. The number of benzene rings is 4. The van der Waals surface area contributed by atoms with Crippen LogP contribution in [0.25, 0.3) is 6.08 Å². The highest BCUT2D eigenvalue weighted by atomic mass is 35.5. The van der Waals surface area contributed by atoms with Crippen LogP contribution in [0.15, 0.2) is 103 Å². The van der Waals surface area contributed by atoms with E-state index in [-0.39, 0.29) is 28.1 Å². The molecule has 0 radical (unpaired) electrons. The van der Waals surface area contributed by atoms with Gasteiger partial charge in [0.2, 0.25) is 5.91 Å². The first-order chi connectivity index (χ1) is 19.4. The fraction of sp³-hybridized carbons (Fsp3) is 0.121. The van der Waals surface area contributed by atoms with Gasteiger partial charge in [-0.05, 0) is 47.0 Å². The van der Waals surface area contributed by atoms with Crippen molar-refractivity contribution in [3.8, 4) is 0 Å². The normalized spacial score (nSPS) is 23.9. The molecular weight excluding hydrogens is 543 g/mol. The summed E-state index contributed by atoms with van der Waals surface area (Å²) in [5.41, 5.74) is 2.45. The Kier molecular flexibility index (Phi) is 5.70. The van der Waals surface area contributed by atoms with Crippen molar-refractivity contribution in [2.24, 2.45) is 5.92 Å². The number of anilines is 1. The molecule has 7 rings (SSSR count). The van der Waals surface area contributed by atoms with Crippen LogP contribution in [-0.2, 0) is 10.2 Å². The maximum atomic E-state index is 14.7. The molecule has 1 fully saturated rings. The largest absolute Gasteiger partial charge is 0.358 e. The number of para-hydroxylation sites is 1. The van der Waals surface area contributed by atoms with Crippen molar-refractivity contribution in [1.29, 1.82) is 0 Å². The molecule has 3 heterocycles. The van der Waals surface area contributed by atoms with E-state index in [0.29, 0.717) is 21.8 Å². The molecular formula is C33H22Cl2N2O3. The van der Waals surface area contributed by atoms with Crippen LogP contribution in [0.1, 0.15) is 43.4 Å². The highest BCUT2D eigenvalue weighted by Gasteiger charge is 2.70. The van der Waals surface area contributed by atoms with Gasteiger partial charge in [-0.15, -0.1) is 0 Å². The Bertz CT molecular complexity index is 1750. The van der Waals surface area contributed by atoms with Crippen molar-refractivity contribution in [1.82, 2.24) is 4.90 Å². The van der Waals surface area contributed by atoms with Gasteiger partial charge in [-0.25, -0.2) is 0 Å². The van der Waals surface area contributed by atoms with Gasteiger partial charge in [0.1, 0.15) is 11.5 Å². The lowest BCUT2D eigenvalue weighted by Crippen LogP contribution is -2.49. The van der Waals surface area contributed by atoms with Crippen LogP contribution in [0.4, 0.5) is 5.69 Å². The Labute approximate surface area is 241 Å². The molecule has 7 heteroatoms. The summed E-state index contributed by atoms with van der Waals surface area (Å²) in [6.45, 7) is 0. The topological polar surface area (TPSA) is 66.5 Å². The number of rotatable bonds is 4. The van der Waals surface area contributed by atoms with Gasteiger partial charge in [-0.2, -0.15) is 0 Å². The SMILES string of the molecule is O=C(c1ccc(Cl)cc1Cl)[C@@H]1[C@H](C(=O)c2ccccc2)[C@@]2(C(=O)Nc3ccccc32)[C@H]2c3ccccc3C=CN12. The van der Waals surface area contributed by atoms with Crippen molar-refractivity contribution < 1.29 is 14.4 Å². The lowest BCUT2D eigenvalue weighted by molar-refractivity contribution is -0.122. The molecule has 1 N–H and O–H groups in total. The third-order valence-corrected chi connectivity index (χ3v) is 8.92. The third-order valence-electron chi connectivity index (χ3n) is 8.38. The van der Waals surface area contributed by atoms with Crippen LogP contribution < -0.4 is 5.32 Å². The molecule has 4 aromatic rings. The van der Waals surface area contributed by atoms with Crippen LogP contribution >= 0.6 is 23.2 Å². The summed E-state index contributed by atoms with van der Waals surface area (Å²) in [5, 5.41) is 3.64. The second-order valence-corrected chi connectivity index (χ2v) is 11.1. The summed E-state index contributed by atoms with van der Waals surface area (Å²) in [6, 6.07) is 27.2. The molecule has 40 heavy (non-hydrogen) atoms. The van der Waals surface area contributed by atoms with E-state index in [1.807, 2.05) is 71.8 Å². The molecule has 5 nitrogen and oxygen atoms in total. The molecule has 4 aromatic carbocycles. The molecule has 0 bridgehead atoms. The first-order valence-corrected chi connectivity index (χ1v) is 13.7. The van der Waals surface area contributed by atoms with E-state index in [0.717, 1.165) is 11.1 Å². The maximum Gasteiger partial charge on any atom is 0.238 e. The maximum absolute atomic E-state index is 14.7. The lowest BCUT2D eigenvalue weighted by atomic mass is 9.62. The minimum absolute atomic E-state index is 0.193. The third kappa shape index (κ3) is 3.38. The molecule has 0 saturated carbocycles. The fourth-order valence-electron chi connectivity index (χ4n) is 6.80. The van der Waals surface area contributed by atoms with E-state index in [9.17, 15) is 14.4 Å². The lowest BCUT2D eigenvalue weighted by Gasteiger charge is -2.38. The Morgan fingerprint density at radius 1 is 0.825 bits per heavy atom. The summed E-state index contributed by atoms with van der Waals surface area (Å²) in [4.78, 5) is 45.5. The summed E-state index contributed by atoms with van der Waals surface area (Å²) in [6.07, 6.45) is 3.77. The van der Waals surface area contributed by atoms with E-state index < -0.39 is 23.4 Å². The van der Waals surface area contributed by atoms with Crippen LogP contribution in [0.3, 0.4) is 0 Å². The number of carbonyl (C=O) groups is 3. The van der Waals surface area contributed by atoms with Gasteiger partial charge in [-0.3, -0.25) is 14.4 Å². The molecule has 0 aromatic heterocycles. The predicted molar refractivity (Wildman–Crippen MR) is 156 cm³/mol. The van der Waals surface area contributed by atoms with Crippen LogP contribution in [0.5, 0.6) is 0 Å². The minimum atomic E-state index is -1.39. The molecule has 3 aliphatic rings. The van der Waals surface area contributed by atoms with E-state index in [4.69, 9.17) is 23.2 Å². The van der Waals surface area contributed by atoms with Gasteiger partial charge >= 0.3 is 0 Å². The van der Waals surface area contributed by atoms with E-state index in [1.54, 1.807) is 36.4 Å². The molecule has 1 amide bonds. The number of fused-ring (bicyclic) bond motifs is 6. The highest BCUT2D eigenvalue weighted by molar-refractivity contribution is 6.37. The van der Waals surface area contributed by atoms with E-state index in [1.165, 1.54) is 6.07 Å².